The minimum atomic E-state index is 0.395. The lowest BCUT2D eigenvalue weighted by molar-refractivity contribution is 0.261. The summed E-state index contributed by atoms with van der Waals surface area (Å²) >= 11 is 1.48. The number of anilines is 1. The number of rotatable bonds is 7. The Morgan fingerprint density at radius 1 is 1.16 bits per heavy atom. The van der Waals surface area contributed by atoms with E-state index in [-0.39, 0.29) is 0 Å². The van der Waals surface area contributed by atoms with Gasteiger partial charge in [0.25, 0.3) is 0 Å². The molecule has 1 aromatic heterocycles. The minimum absolute atomic E-state index is 0.395. The third kappa shape index (κ3) is 3.82. The minimum Gasteiger partial charge on any atom is -0.490 e. The summed E-state index contributed by atoms with van der Waals surface area (Å²) in [5.41, 5.74) is 0. The first kappa shape index (κ1) is 13.6. The number of aromatic nitrogens is 2. The summed E-state index contributed by atoms with van der Waals surface area (Å²) in [4.78, 5) is 0. The van der Waals surface area contributed by atoms with Crippen molar-refractivity contribution in [3.63, 3.8) is 0 Å². The topological polar surface area (TPSA) is 56.3 Å². The normalized spacial score (nSPS) is 10.2. The van der Waals surface area contributed by atoms with Crippen LogP contribution in [0.4, 0.5) is 5.13 Å². The lowest BCUT2D eigenvalue weighted by Crippen LogP contribution is -2.00. The summed E-state index contributed by atoms with van der Waals surface area (Å²) in [5, 5.41) is 12.6. The summed E-state index contributed by atoms with van der Waals surface area (Å²) < 4.78 is 11.4. The molecule has 0 saturated heterocycles. The summed E-state index contributed by atoms with van der Waals surface area (Å²) in [6.45, 7) is 3.15. The van der Waals surface area contributed by atoms with E-state index in [4.69, 9.17) is 9.47 Å². The van der Waals surface area contributed by atoms with Gasteiger partial charge in [0.15, 0.2) is 16.5 Å². The largest absolute Gasteiger partial charge is 0.490 e. The van der Waals surface area contributed by atoms with Gasteiger partial charge >= 0.3 is 0 Å². The van der Waals surface area contributed by atoms with Crippen molar-refractivity contribution in [3.8, 4) is 11.5 Å². The first-order chi connectivity index (χ1) is 9.33. The molecule has 0 amide bonds. The quantitative estimate of drug-likeness (QED) is 0.844. The van der Waals surface area contributed by atoms with Gasteiger partial charge in [-0.3, -0.25) is 0 Å². The van der Waals surface area contributed by atoms with E-state index in [1.807, 2.05) is 31.3 Å². The summed E-state index contributed by atoms with van der Waals surface area (Å²) in [7, 11) is 1.82. The van der Waals surface area contributed by atoms with Crippen molar-refractivity contribution in [2.24, 2.45) is 0 Å². The van der Waals surface area contributed by atoms with E-state index in [9.17, 15) is 0 Å². The maximum atomic E-state index is 5.73. The summed E-state index contributed by atoms with van der Waals surface area (Å²) in [6.07, 6.45) is 0.969. The first-order valence-electron chi connectivity index (χ1n) is 6.18. The molecule has 2 aromatic rings. The molecule has 6 heteroatoms. The highest BCUT2D eigenvalue weighted by Crippen LogP contribution is 2.28. The van der Waals surface area contributed by atoms with Crippen LogP contribution in [0.15, 0.2) is 24.3 Å². The van der Waals surface area contributed by atoms with Gasteiger partial charge in [-0.15, -0.1) is 10.2 Å². The second kappa shape index (κ2) is 6.94. The molecular formula is C13H17N3O2S. The average molecular weight is 279 g/mol. The van der Waals surface area contributed by atoms with Gasteiger partial charge in [0.05, 0.1) is 6.61 Å². The van der Waals surface area contributed by atoms with E-state index in [0.717, 1.165) is 28.1 Å². The Morgan fingerprint density at radius 2 is 1.89 bits per heavy atom. The lowest BCUT2D eigenvalue weighted by atomic mass is 10.3. The number of ether oxygens (including phenoxy) is 2. The predicted octanol–water partition coefficient (Wildman–Crippen LogP) is 2.95. The number of benzene rings is 1. The van der Waals surface area contributed by atoms with E-state index < -0.39 is 0 Å². The number of nitrogens with one attached hydrogen (secondary N) is 1. The zero-order chi connectivity index (χ0) is 13.5. The van der Waals surface area contributed by atoms with Gasteiger partial charge in [-0.1, -0.05) is 30.4 Å². The van der Waals surface area contributed by atoms with Crippen molar-refractivity contribution >= 4 is 16.5 Å². The van der Waals surface area contributed by atoms with Crippen molar-refractivity contribution in [3.05, 3.63) is 29.3 Å². The first-order valence-corrected chi connectivity index (χ1v) is 7.00. The van der Waals surface area contributed by atoms with Crippen LogP contribution in [0.1, 0.15) is 18.4 Å². The Morgan fingerprint density at radius 3 is 2.53 bits per heavy atom. The van der Waals surface area contributed by atoms with Gasteiger partial charge in [0, 0.05) is 7.05 Å². The molecule has 0 spiro atoms. The fourth-order valence-electron chi connectivity index (χ4n) is 1.45. The van der Waals surface area contributed by atoms with Crippen molar-refractivity contribution in [2.45, 2.75) is 20.0 Å². The second-order valence-corrected chi connectivity index (χ2v) is 4.90. The smallest absolute Gasteiger partial charge is 0.205 e. The monoisotopic (exact) mass is 279 g/mol. The molecular weight excluding hydrogens is 262 g/mol. The van der Waals surface area contributed by atoms with Crippen LogP contribution < -0.4 is 14.8 Å². The average Bonchev–Trinajstić information content (AvgIpc) is 2.91. The maximum Gasteiger partial charge on any atom is 0.205 e. The molecule has 0 saturated carbocycles. The fraction of sp³-hybridized carbons (Fsp3) is 0.385. The van der Waals surface area contributed by atoms with Crippen molar-refractivity contribution < 1.29 is 9.47 Å². The molecule has 5 nitrogen and oxygen atoms in total. The van der Waals surface area contributed by atoms with Gasteiger partial charge in [-0.25, -0.2) is 0 Å². The van der Waals surface area contributed by atoms with Crippen LogP contribution in [0, 0.1) is 0 Å². The third-order valence-corrected chi connectivity index (χ3v) is 3.26. The van der Waals surface area contributed by atoms with Crippen molar-refractivity contribution in [1.29, 1.82) is 0 Å². The molecule has 1 aromatic carbocycles. The van der Waals surface area contributed by atoms with E-state index in [2.05, 4.69) is 22.4 Å². The third-order valence-electron chi connectivity index (χ3n) is 2.34. The number of hydrogen-bond acceptors (Lipinski definition) is 6. The van der Waals surface area contributed by atoms with Crippen LogP contribution in [0.5, 0.6) is 11.5 Å². The molecule has 0 radical (unpaired) electrons. The molecule has 0 unspecified atom stereocenters. The van der Waals surface area contributed by atoms with Crippen LogP contribution in [0.3, 0.4) is 0 Å². The molecule has 0 aliphatic rings. The van der Waals surface area contributed by atoms with E-state index in [1.54, 1.807) is 0 Å². The van der Waals surface area contributed by atoms with Crippen LogP contribution in [-0.2, 0) is 6.61 Å². The predicted molar refractivity (Wildman–Crippen MR) is 76.0 cm³/mol. The van der Waals surface area contributed by atoms with Gasteiger partial charge in [-0.05, 0) is 18.6 Å². The Labute approximate surface area is 116 Å². The molecule has 19 heavy (non-hydrogen) atoms. The Bertz CT molecular complexity index is 516. The highest BCUT2D eigenvalue weighted by Gasteiger charge is 2.07. The van der Waals surface area contributed by atoms with E-state index in [1.165, 1.54) is 11.3 Å². The molecule has 0 fully saturated rings. The number of nitrogens with zero attached hydrogens (tertiary/aromatic N) is 2. The van der Waals surface area contributed by atoms with Gasteiger partial charge in [0.1, 0.15) is 6.61 Å². The second-order valence-electron chi connectivity index (χ2n) is 3.83. The van der Waals surface area contributed by atoms with Crippen LogP contribution in [0.25, 0.3) is 0 Å². The Kier molecular flexibility index (Phi) is 4.97. The highest BCUT2D eigenvalue weighted by atomic mass is 32.1. The Hall–Kier alpha value is -1.82. The fourth-order valence-corrected chi connectivity index (χ4v) is 2.06. The molecule has 1 heterocycles. The lowest BCUT2D eigenvalue weighted by Gasteiger charge is -2.10. The molecule has 102 valence electrons. The van der Waals surface area contributed by atoms with E-state index in [0.29, 0.717) is 13.2 Å². The molecule has 0 atom stereocenters. The maximum absolute atomic E-state index is 5.73. The molecule has 1 N–H and O–H groups in total. The number of para-hydroxylation sites is 2. The standard InChI is InChI=1S/C13H17N3O2S/c1-3-8-17-10-6-4-5-7-11(10)18-9-12-15-16-13(14-2)19-12/h4-7H,3,8-9H2,1-2H3,(H,14,16). The molecule has 0 bridgehead atoms. The van der Waals surface area contributed by atoms with Crippen LogP contribution >= 0.6 is 11.3 Å². The van der Waals surface area contributed by atoms with Gasteiger partial charge in [0.2, 0.25) is 5.13 Å². The van der Waals surface area contributed by atoms with Crippen molar-refractivity contribution in [1.82, 2.24) is 10.2 Å². The zero-order valence-electron chi connectivity index (χ0n) is 11.0. The van der Waals surface area contributed by atoms with E-state index >= 15 is 0 Å². The molecule has 2 rings (SSSR count). The Balaban J connectivity index is 1.98. The number of hydrogen-bond donors (Lipinski definition) is 1. The van der Waals surface area contributed by atoms with Crippen LogP contribution in [-0.4, -0.2) is 23.9 Å². The molecule has 0 aliphatic heterocycles. The SMILES string of the molecule is CCCOc1ccccc1OCc1nnc(NC)s1. The van der Waals surface area contributed by atoms with Crippen LogP contribution in [0.2, 0.25) is 0 Å². The molecule has 0 aliphatic carbocycles. The van der Waals surface area contributed by atoms with Crippen molar-refractivity contribution in [2.75, 3.05) is 19.0 Å². The van der Waals surface area contributed by atoms with Gasteiger partial charge in [-0.2, -0.15) is 0 Å². The van der Waals surface area contributed by atoms with Gasteiger partial charge < -0.3 is 14.8 Å². The zero-order valence-corrected chi connectivity index (χ0v) is 11.9. The summed E-state index contributed by atoms with van der Waals surface area (Å²) in [6, 6.07) is 7.66. The summed E-state index contributed by atoms with van der Waals surface area (Å²) in [5.74, 6) is 1.50. The highest BCUT2D eigenvalue weighted by molar-refractivity contribution is 7.15.